The molecule has 1 aliphatic heterocycles. The van der Waals surface area contributed by atoms with Crippen LogP contribution in [-0.4, -0.2) is 61.7 Å². The SMILES string of the molecule is Nc1ccc(N2CCN(CC=O)CC2)nc1OCC(F)(F)F. The molecular formula is C13H17F3N4O2. The smallest absolute Gasteiger partial charge is 0.422 e. The second-order valence-corrected chi connectivity index (χ2v) is 4.92. The predicted molar refractivity (Wildman–Crippen MR) is 74.9 cm³/mol. The lowest BCUT2D eigenvalue weighted by Crippen LogP contribution is -2.47. The van der Waals surface area contributed by atoms with Crippen LogP contribution in [0.2, 0.25) is 0 Å². The second-order valence-electron chi connectivity index (χ2n) is 4.92. The van der Waals surface area contributed by atoms with Gasteiger partial charge >= 0.3 is 6.18 Å². The van der Waals surface area contributed by atoms with E-state index >= 15 is 0 Å². The van der Waals surface area contributed by atoms with Crippen LogP contribution in [0.25, 0.3) is 0 Å². The van der Waals surface area contributed by atoms with E-state index in [1.165, 1.54) is 6.07 Å². The molecule has 0 unspecified atom stereocenters. The van der Waals surface area contributed by atoms with Gasteiger partial charge in [-0.05, 0) is 12.1 Å². The first-order valence-corrected chi connectivity index (χ1v) is 6.76. The molecule has 1 fully saturated rings. The number of aromatic nitrogens is 1. The quantitative estimate of drug-likeness (QED) is 0.814. The molecule has 1 aliphatic rings. The maximum absolute atomic E-state index is 12.2. The van der Waals surface area contributed by atoms with Gasteiger partial charge < -0.3 is 20.2 Å². The Morgan fingerprint density at radius 3 is 2.55 bits per heavy atom. The van der Waals surface area contributed by atoms with E-state index in [1.807, 2.05) is 9.80 Å². The number of ether oxygens (including phenoxy) is 1. The monoisotopic (exact) mass is 318 g/mol. The average molecular weight is 318 g/mol. The maximum Gasteiger partial charge on any atom is 0.422 e. The van der Waals surface area contributed by atoms with E-state index in [9.17, 15) is 18.0 Å². The van der Waals surface area contributed by atoms with Crippen LogP contribution < -0.4 is 15.4 Å². The number of hydrogen-bond donors (Lipinski definition) is 1. The van der Waals surface area contributed by atoms with Gasteiger partial charge in [0.05, 0.1) is 12.2 Å². The Balaban J connectivity index is 2.02. The molecule has 6 nitrogen and oxygen atoms in total. The normalized spacial score (nSPS) is 16.6. The lowest BCUT2D eigenvalue weighted by molar-refractivity contribution is -0.153. The summed E-state index contributed by atoms with van der Waals surface area (Å²) in [6.45, 7) is 1.57. The number of aldehydes is 1. The number of nitrogens with zero attached hydrogens (tertiary/aromatic N) is 3. The van der Waals surface area contributed by atoms with Gasteiger partial charge in [0.1, 0.15) is 12.1 Å². The molecule has 0 atom stereocenters. The van der Waals surface area contributed by atoms with Crippen LogP contribution in [0.3, 0.4) is 0 Å². The summed E-state index contributed by atoms with van der Waals surface area (Å²) >= 11 is 0. The third-order valence-corrected chi connectivity index (χ3v) is 3.28. The fourth-order valence-corrected chi connectivity index (χ4v) is 2.15. The Kier molecular flexibility index (Phi) is 5.07. The van der Waals surface area contributed by atoms with Crippen LogP contribution in [0.15, 0.2) is 12.1 Å². The number of carbonyl (C=O) groups excluding carboxylic acids is 1. The van der Waals surface area contributed by atoms with Gasteiger partial charge in [-0.2, -0.15) is 18.2 Å². The number of halogens is 3. The lowest BCUT2D eigenvalue weighted by atomic mass is 10.3. The molecule has 1 aromatic heterocycles. The molecule has 0 saturated carbocycles. The van der Waals surface area contributed by atoms with Crippen LogP contribution >= 0.6 is 0 Å². The van der Waals surface area contributed by atoms with Crippen molar-refractivity contribution in [2.24, 2.45) is 0 Å². The van der Waals surface area contributed by atoms with Gasteiger partial charge in [0, 0.05) is 26.2 Å². The van der Waals surface area contributed by atoms with E-state index in [0.29, 0.717) is 38.5 Å². The molecule has 2 heterocycles. The number of piperazine rings is 1. The summed E-state index contributed by atoms with van der Waals surface area (Å²) in [5.74, 6) is 0.294. The number of anilines is 2. The largest absolute Gasteiger partial charge is 0.466 e. The van der Waals surface area contributed by atoms with Crippen molar-refractivity contribution in [2.75, 3.05) is 50.0 Å². The van der Waals surface area contributed by atoms with Crippen LogP contribution in [0, 0.1) is 0 Å². The van der Waals surface area contributed by atoms with Crippen LogP contribution in [0.5, 0.6) is 5.88 Å². The summed E-state index contributed by atoms with van der Waals surface area (Å²) in [6, 6.07) is 3.12. The molecule has 122 valence electrons. The molecular weight excluding hydrogens is 301 g/mol. The van der Waals surface area contributed by atoms with Crippen molar-refractivity contribution in [1.29, 1.82) is 0 Å². The van der Waals surface area contributed by atoms with Crippen molar-refractivity contribution in [3.8, 4) is 5.88 Å². The molecule has 0 bridgehead atoms. The first kappa shape index (κ1) is 16.3. The molecule has 22 heavy (non-hydrogen) atoms. The van der Waals surface area contributed by atoms with E-state index in [0.717, 1.165) is 6.29 Å². The number of nitrogens with two attached hydrogens (primary N) is 1. The lowest BCUT2D eigenvalue weighted by Gasteiger charge is -2.34. The molecule has 9 heteroatoms. The zero-order valence-electron chi connectivity index (χ0n) is 11.8. The van der Waals surface area contributed by atoms with Crippen molar-refractivity contribution in [3.63, 3.8) is 0 Å². The van der Waals surface area contributed by atoms with Crippen LogP contribution in [-0.2, 0) is 4.79 Å². The molecule has 0 amide bonds. The Hall–Kier alpha value is -2.03. The summed E-state index contributed by atoms with van der Waals surface area (Å²) in [7, 11) is 0. The highest BCUT2D eigenvalue weighted by atomic mass is 19.4. The number of alkyl halides is 3. The molecule has 2 N–H and O–H groups in total. The van der Waals surface area contributed by atoms with E-state index in [1.54, 1.807) is 6.07 Å². The van der Waals surface area contributed by atoms with E-state index in [-0.39, 0.29) is 11.6 Å². The molecule has 0 radical (unpaired) electrons. The van der Waals surface area contributed by atoms with Gasteiger partial charge in [-0.15, -0.1) is 0 Å². The number of nitrogen functional groups attached to an aromatic ring is 1. The zero-order valence-corrected chi connectivity index (χ0v) is 11.8. The van der Waals surface area contributed by atoms with Gasteiger partial charge in [0.25, 0.3) is 0 Å². The van der Waals surface area contributed by atoms with Gasteiger partial charge in [-0.25, -0.2) is 0 Å². The Bertz CT molecular complexity index is 516. The van der Waals surface area contributed by atoms with Crippen molar-refractivity contribution in [1.82, 2.24) is 9.88 Å². The molecule has 0 spiro atoms. The number of carbonyl (C=O) groups is 1. The molecule has 0 aromatic carbocycles. The Labute approximate surface area is 125 Å². The summed E-state index contributed by atoms with van der Waals surface area (Å²) < 4.78 is 41.3. The first-order valence-electron chi connectivity index (χ1n) is 6.76. The van der Waals surface area contributed by atoms with Gasteiger partial charge in [0.15, 0.2) is 6.61 Å². The summed E-state index contributed by atoms with van der Waals surface area (Å²) in [5, 5.41) is 0. The fourth-order valence-electron chi connectivity index (χ4n) is 2.15. The van der Waals surface area contributed by atoms with Crippen molar-refractivity contribution >= 4 is 17.8 Å². The highest BCUT2D eigenvalue weighted by molar-refractivity contribution is 5.55. The molecule has 1 aromatic rings. The highest BCUT2D eigenvalue weighted by Crippen LogP contribution is 2.26. The summed E-state index contributed by atoms with van der Waals surface area (Å²) in [6.07, 6.45) is -3.59. The minimum atomic E-state index is -4.44. The van der Waals surface area contributed by atoms with E-state index < -0.39 is 12.8 Å². The maximum atomic E-state index is 12.2. The number of hydrogen-bond acceptors (Lipinski definition) is 6. The van der Waals surface area contributed by atoms with Crippen LogP contribution in [0.1, 0.15) is 0 Å². The van der Waals surface area contributed by atoms with Gasteiger partial charge in [-0.3, -0.25) is 4.90 Å². The van der Waals surface area contributed by atoms with Crippen molar-refractivity contribution in [3.05, 3.63) is 12.1 Å². The van der Waals surface area contributed by atoms with Crippen molar-refractivity contribution in [2.45, 2.75) is 6.18 Å². The van der Waals surface area contributed by atoms with E-state index in [2.05, 4.69) is 9.72 Å². The third-order valence-electron chi connectivity index (χ3n) is 3.28. The second kappa shape index (κ2) is 6.82. The highest BCUT2D eigenvalue weighted by Gasteiger charge is 2.29. The van der Waals surface area contributed by atoms with Crippen LogP contribution in [0.4, 0.5) is 24.7 Å². The van der Waals surface area contributed by atoms with E-state index in [4.69, 9.17) is 5.73 Å². The third kappa shape index (κ3) is 4.48. The number of rotatable bonds is 5. The first-order chi connectivity index (χ1) is 10.4. The average Bonchev–Trinajstić information content (AvgIpc) is 2.47. The topological polar surface area (TPSA) is 71.7 Å². The summed E-state index contributed by atoms with van der Waals surface area (Å²) in [4.78, 5) is 18.4. The Morgan fingerprint density at radius 1 is 1.27 bits per heavy atom. The van der Waals surface area contributed by atoms with Gasteiger partial charge in [-0.1, -0.05) is 0 Å². The molecule has 0 aliphatic carbocycles. The summed E-state index contributed by atoms with van der Waals surface area (Å²) in [5.41, 5.74) is 5.65. The molecule has 2 rings (SSSR count). The van der Waals surface area contributed by atoms with Gasteiger partial charge in [0.2, 0.25) is 5.88 Å². The zero-order chi connectivity index (χ0) is 16.2. The fraction of sp³-hybridized carbons (Fsp3) is 0.538. The van der Waals surface area contributed by atoms with Crippen molar-refractivity contribution < 1.29 is 22.7 Å². The predicted octanol–water partition coefficient (Wildman–Crippen LogP) is 0.926. The minimum absolute atomic E-state index is 0.0626. The standard InChI is InChI=1S/C13H17F3N4O2/c14-13(15,16)9-22-12-10(17)1-2-11(18-12)20-5-3-19(4-6-20)7-8-21/h1-2,8H,3-7,9,17H2. The molecule has 1 saturated heterocycles. The number of pyridine rings is 1. The Morgan fingerprint density at radius 2 is 1.95 bits per heavy atom. The minimum Gasteiger partial charge on any atom is -0.466 e.